The lowest BCUT2D eigenvalue weighted by atomic mass is 10.1. The molecular weight excluding hydrogens is 224 g/mol. The maximum absolute atomic E-state index is 12.0. The molecule has 1 aliphatic heterocycles. The molecule has 0 aromatic heterocycles. The Balaban J connectivity index is 2.63. The Morgan fingerprint density at radius 2 is 2.06 bits per heavy atom. The number of piperazine rings is 1. The topological polar surface area (TPSA) is 75.7 Å². The zero-order valence-electron chi connectivity index (χ0n) is 9.98. The molecular formula is C11H18N2O4. The van der Waals surface area contributed by atoms with Crippen molar-refractivity contribution in [2.24, 2.45) is 0 Å². The first kappa shape index (κ1) is 13.8. The predicted molar refractivity (Wildman–Crippen MR) is 60.6 cm³/mol. The Bertz CT molecular complexity index is 287. The molecule has 0 aliphatic carbocycles. The van der Waals surface area contributed by atoms with Gasteiger partial charge in [0, 0.05) is 32.6 Å². The molecule has 0 bridgehead atoms. The molecule has 1 N–H and O–H groups in total. The van der Waals surface area contributed by atoms with Crippen LogP contribution in [-0.4, -0.2) is 61.8 Å². The summed E-state index contributed by atoms with van der Waals surface area (Å²) >= 11 is 0. The highest BCUT2D eigenvalue weighted by molar-refractivity contribution is 6.04. The van der Waals surface area contributed by atoms with Crippen LogP contribution in [0.25, 0.3) is 0 Å². The smallest absolute Gasteiger partial charge is 0.259 e. The molecule has 1 heterocycles. The SMILES string of the molecule is CCC(=O)C(OCC=O)C(=O)N1CCNCC1. The third-order valence-electron chi connectivity index (χ3n) is 2.62. The fourth-order valence-electron chi connectivity index (χ4n) is 1.67. The molecule has 0 aromatic carbocycles. The quantitative estimate of drug-likeness (QED) is 0.476. The summed E-state index contributed by atoms with van der Waals surface area (Å²) < 4.78 is 5.03. The summed E-state index contributed by atoms with van der Waals surface area (Å²) in [5.41, 5.74) is 0. The van der Waals surface area contributed by atoms with E-state index in [0.717, 1.165) is 0 Å². The van der Waals surface area contributed by atoms with Crippen LogP contribution in [0, 0.1) is 0 Å². The number of carbonyl (C=O) groups excluding carboxylic acids is 3. The van der Waals surface area contributed by atoms with Gasteiger partial charge in [-0.05, 0) is 0 Å². The largest absolute Gasteiger partial charge is 0.353 e. The van der Waals surface area contributed by atoms with Gasteiger partial charge in [0.05, 0.1) is 0 Å². The average molecular weight is 242 g/mol. The molecule has 1 aliphatic rings. The molecule has 1 fully saturated rings. The second-order valence-corrected chi connectivity index (χ2v) is 3.78. The molecule has 1 rings (SSSR count). The lowest BCUT2D eigenvalue weighted by Gasteiger charge is -2.30. The van der Waals surface area contributed by atoms with Crippen molar-refractivity contribution in [3.63, 3.8) is 0 Å². The molecule has 6 nitrogen and oxygen atoms in total. The molecule has 0 saturated carbocycles. The predicted octanol–water partition coefficient (Wildman–Crippen LogP) is -1.02. The fourth-order valence-corrected chi connectivity index (χ4v) is 1.67. The monoisotopic (exact) mass is 242 g/mol. The van der Waals surface area contributed by atoms with E-state index in [2.05, 4.69) is 5.32 Å². The van der Waals surface area contributed by atoms with Crippen molar-refractivity contribution in [1.29, 1.82) is 0 Å². The van der Waals surface area contributed by atoms with Crippen LogP contribution in [0.1, 0.15) is 13.3 Å². The van der Waals surface area contributed by atoms with E-state index in [1.807, 2.05) is 0 Å². The molecule has 1 amide bonds. The first-order chi connectivity index (χ1) is 8.20. The van der Waals surface area contributed by atoms with Crippen LogP contribution < -0.4 is 5.32 Å². The maximum atomic E-state index is 12.0. The van der Waals surface area contributed by atoms with E-state index < -0.39 is 6.10 Å². The number of amides is 1. The van der Waals surface area contributed by atoms with Crippen LogP contribution in [0.5, 0.6) is 0 Å². The maximum Gasteiger partial charge on any atom is 0.259 e. The van der Waals surface area contributed by atoms with Gasteiger partial charge in [0.1, 0.15) is 12.9 Å². The number of ketones is 1. The highest BCUT2D eigenvalue weighted by atomic mass is 16.5. The summed E-state index contributed by atoms with van der Waals surface area (Å²) in [6, 6.07) is 0. The second-order valence-electron chi connectivity index (χ2n) is 3.78. The van der Waals surface area contributed by atoms with Crippen LogP contribution in [-0.2, 0) is 19.1 Å². The average Bonchev–Trinajstić information content (AvgIpc) is 2.39. The first-order valence-corrected chi connectivity index (χ1v) is 5.78. The van der Waals surface area contributed by atoms with Gasteiger partial charge < -0.3 is 19.7 Å². The van der Waals surface area contributed by atoms with Crippen LogP contribution in [0.4, 0.5) is 0 Å². The summed E-state index contributed by atoms with van der Waals surface area (Å²) in [6.07, 6.45) is -0.356. The zero-order valence-corrected chi connectivity index (χ0v) is 9.98. The molecule has 0 spiro atoms. The lowest BCUT2D eigenvalue weighted by molar-refractivity contribution is -0.152. The minimum Gasteiger partial charge on any atom is -0.353 e. The minimum atomic E-state index is -1.12. The van der Waals surface area contributed by atoms with E-state index in [0.29, 0.717) is 32.5 Å². The molecule has 0 aromatic rings. The highest BCUT2D eigenvalue weighted by Gasteiger charge is 2.30. The summed E-state index contributed by atoms with van der Waals surface area (Å²) in [7, 11) is 0. The molecule has 17 heavy (non-hydrogen) atoms. The van der Waals surface area contributed by atoms with Crippen LogP contribution in [0.2, 0.25) is 0 Å². The number of Topliss-reactive ketones (excluding diaryl/α,β-unsaturated/α-hetero) is 1. The first-order valence-electron chi connectivity index (χ1n) is 5.78. The van der Waals surface area contributed by atoms with E-state index in [4.69, 9.17) is 4.74 Å². The Morgan fingerprint density at radius 3 is 2.59 bits per heavy atom. The summed E-state index contributed by atoms with van der Waals surface area (Å²) in [5, 5.41) is 3.12. The van der Waals surface area contributed by atoms with Gasteiger partial charge in [0.2, 0.25) is 0 Å². The molecule has 1 unspecified atom stereocenters. The summed E-state index contributed by atoms with van der Waals surface area (Å²) in [4.78, 5) is 35.5. The van der Waals surface area contributed by atoms with Crippen molar-refractivity contribution >= 4 is 18.0 Å². The number of carbonyl (C=O) groups is 3. The molecule has 1 saturated heterocycles. The molecule has 0 radical (unpaired) electrons. The minimum absolute atomic E-state index is 0.224. The van der Waals surface area contributed by atoms with Crippen LogP contribution >= 0.6 is 0 Å². The van der Waals surface area contributed by atoms with Crippen molar-refractivity contribution in [2.75, 3.05) is 32.8 Å². The van der Waals surface area contributed by atoms with E-state index in [1.54, 1.807) is 11.8 Å². The Hall–Kier alpha value is -1.27. The number of ether oxygens (including phenoxy) is 1. The van der Waals surface area contributed by atoms with Gasteiger partial charge in [-0.1, -0.05) is 6.92 Å². The van der Waals surface area contributed by atoms with Gasteiger partial charge in [0.15, 0.2) is 11.9 Å². The molecule has 96 valence electrons. The van der Waals surface area contributed by atoms with Crippen LogP contribution in [0.15, 0.2) is 0 Å². The number of nitrogens with zero attached hydrogens (tertiary/aromatic N) is 1. The van der Waals surface area contributed by atoms with E-state index in [-0.39, 0.29) is 24.7 Å². The summed E-state index contributed by atoms with van der Waals surface area (Å²) in [5.74, 6) is -0.615. The van der Waals surface area contributed by atoms with E-state index in [1.165, 1.54) is 0 Å². The van der Waals surface area contributed by atoms with Gasteiger partial charge in [-0.25, -0.2) is 0 Å². The standard InChI is InChI=1S/C11H18N2O4/c1-2-9(15)10(17-8-7-14)11(16)13-5-3-12-4-6-13/h7,10,12H,2-6,8H2,1H3. The van der Waals surface area contributed by atoms with Gasteiger partial charge in [0.25, 0.3) is 5.91 Å². The molecule has 6 heteroatoms. The number of hydrogen-bond donors (Lipinski definition) is 1. The normalized spacial score (nSPS) is 17.6. The van der Waals surface area contributed by atoms with Gasteiger partial charge in [-0.15, -0.1) is 0 Å². The zero-order chi connectivity index (χ0) is 12.7. The van der Waals surface area contributed by atoms with E-state index in [9.17, 15) is 14.4 Å². The van der Waals surface area contributed by atoms with Crippen molar-refractivity contribution in [2.45, 2.75) is 19.4 Å². The van der Waals surface area contributed by atoms with Gasteiger partial charge >= 0.3 is 0 Å². The van der Waals surface area contributed by atoms with Gasteiger partial charge in [-0.3, -0.25) is 9.59 Å². The third kappa shape index (κ3) is 3.90. The molecule has 1 atom stereocenters. The Kier molecular flexibility index (Phi) is 5.79. The van der Waals surface area contributed by atoms with Crippen molar-refractivity contribution in [3.8, 4) is 0 Å². The Morgan fingerprint density at radius 1 is 1.41 bits per heavy atom. The fraction of sp³-hybridized carbons (Fsp3) is 0.727. The second kappa shape index (κ2) is 7.13. The third-order valence-corrected chi connectivity index (χ3v) is 2.62. The number of nitrogens with one attached hydrogen (secondary N) is 1. The Labute approximate surface area is 100 Å². The number of hydrogen-bond acceptors (Lipinski definition) is 5. The number of rotatable bonds is 6. The lowest BCUT2D eigenvalue weighted by Crippen LogP contribution is -2.52. The summed E-state index contributed by atoms with van der Waals surface area (Å²) in [6.45, 7) is 4.01. The van der Waals surface area contributed by atoms with Crippen molar-refractivity contribution in [1.82, 2.24) is 10.2 Å². The van der Waals surface area contributed by atoms with E-state index >= 15 is 0 Å². The van der Waals surface area contributed by atoms with Crippen molar-refractivity contribution < 1.29 is 19.1 Å². The highest BCUT2D eigenvalue weighted by Crippen LogP contribution is 2.05. The number of aldehydes is 1. The van der Waals surface area contributed by atoms with Crippen molar-refractivity contribution in [3.05, 3.63) is 0 Å². The van der Waals surface area contributed by atoms with Crippen LogP contribution in [0.3, 0.4) is 0 Å². The van der Waals surface area contributed by atoms with Gasteiger partial charge in [-0.2, -0.15) is 0 Å².